The van der Waals surface area contributed by atoms with E-state index in [1.807, 2.05) is 24.3 Å². The number of benzene rings is 1. The van der Waals surface area contributed by atoms with Gasteiger partial charge in [0, 0.05) is 35.1 Å². The maximum atomic E-state index is 11.8. The van der Waals surface area contributed by atoms with E-state index < -0.39 is 0 Å². The Hall–Kier alpha value is -2.20. The van der Waals surface area contributed by atoms with Crippen LogP contribution in [0, 0.1) is 0 Å². The third kappa shape index (κ3) is 5.45. The van der Waals surface area contributed by atoms with Crippen molar-refractivity contribution in [3.05, 3.63) is 46.8 Å². The van der Waals surface area contributed by atoms with Gasteiger partial charge in [-0.1, -0.05) is 65.7 Å². The van der Waals surface area contributed by atoms with Crippen molar-refractivity contribution >= 4 is 11.6 Å². The van der Waals surface area contributed by atoms with Crippen LogP contribution in [0.15, 0.2) is 24.3 Å². The highest BCUT2D eigenvalue weighted by Gasteiger charge is 2.24. The first-order chi connectivity index (χ1) is 13.8. The fourth-order valence-electron chi connectivity index (χ4n) is 3.95. The van der Waals surface area contributed by atoms with Gasteiger partial charge in [0.05, 0.1) is 6.61 Å². The van der Waals surface area contributed by atoms with Crippen LogP contribution in [0.3, 0.4) is 0 Å². The van der Waals surface area contributed by atoms with Gasteiger partial charge in [-0.3, -0.25) is 9.78 Å². The fraction of sp³-hybridized carbons (Fsp3) is 0.520. The number of carbonyl (C=O) groups excluding carboxylic acids is 1. The second kappa shape index (κ2) is 10.5. The standard InChI is InChI=1S/C25H36N2O2/c1-7-8-9-13-20-23(19-12-10-11-14-22(19)26-18(6)29)21(15-28)25(17(4)5)27-24(20)16(2)3/h10-12,14,16-17,28H,7-9,13,15H2,1-6H3,(H,26,29). The summed E-state index contributed by atoms with van der Waals surface area (Å²) >= 11 is 0. The van der Waals surface area contributed by atoms with Crippen molar-refractivity contribution in [2.75, 3.05) is 5.32 Å². The lowest BCUT2D eigenvalue weighted by molar-refractivity contribution is -0.114. The molecule has 0 fully saturated rings. The highest BCUT2D eigenvalue weighted by Crippen LogP contribution is 2.40. The van der Waals surface area contributed by atoms with Gasteiger partial charge in [-0.15, -0.1) is 0 Å². The van der Waals surface area contributed by atoms with Crippen molar-refractivity contribution in [3.8, 4) is 11.1 Å². The van der Waals surface area contributed by atoms with E-state index in [-0.39, 0.29) is 24.3 Å². The molecule has 1 heterocycles. The molecular formula is C25H36N2O2. The molecule has 0 bridgehead atoms. The van der Waals surface area contributed by atoms with Crippen LogP contribution in [0.2, 0.25) is 0 Å². The molecule has 0 saturated carbocycles. The number of anilines is 1. The van der Waals surface area contributed by atoms with Crippen molar-refractivity contribution < 1.29 is 9.90 Å². The number of nitrogens with zero attached hydrogens (tertiary/aromatic N) is 1. The molecule has 0 unspecified atom stereocenters. The number of hydrogen-bond acceptors (Lipinski definition) is 3. The van der Waals surface area contributed by atoms with Gasteiger partial charge in [-0.2, -0.15) is 0 Å². The van der Waals surface area contributed by atoms with E-state index in [0.29, 0.717) is 0 Å². The molecule has 0 saturated heterocycles. The quantitative estimate of drug-likeness (QED) is 0.498. The summed E-state index contributed by atoms with van der Waals surface area (Å²) in [6, 6.07) is 7.88. The van der Waals surface area contributed by atoms with Crippen LogP contribution in [0.4, 0.5) is 5.69 Å². The summed E-state index contributed by atoms with van der Waals surface area (Å²) in [7, 11) is 0. The summed E-state index contributed by atoms with van der Waals surface area (Å²) in [4.78, 5) is 16.9. The van der Waals surface area contributed by atoms with Crippen LogP contribution >= 0.6 is 0 Å². The van der Waals surface area contributed by atoms with Crippen molar-refractivity contribution in [2.45, 2.75) is 85.7 Å². The Morgan fingerprint density at radius 1 is 1.03 bits per heavy atom. The fourth-order valence-corrected chi connectivity index (χ4v) is 3.95. The van der Waals surface area contributed by atoms with E-state index in [4.69, 9.17) is 4.98 Å². The minimum Gasteiger partial charge on any atom is -0.392 e. The Morgan fingerprint density at radius 2 is 1.66 bits per heavy atom. The molecule has 1 amide bonds. The molecule has 4 heteroatoms. The molecule has 0 aliphatic heterocycles. The normalized spacial score (nSPS) is 11.3. The van der Waals surface area contributed by atoms with Gasteiger partial charge >= 0.3 is 0 Å². The van der Waals surface area contributed by atoms with Crippen LogP contribution in [-0.2, 0) is 17.8 Å². The SMILES string of the molecule is CCCCCc1c(C(C)C)nc(C(C)C)c(CO)c1-c1ccccc1NC(C)=O. The molecule has 2 N–H and O–H groups in total. The number of aliphatic hydroxyl groups is 1. The lowest BCUT2D eigenvalue weighted by Gasteiger charge is -2.25. The molecule has 1 aromatic carbocycles. The maximum Gasteiger partial charge on any atom is 0.221 e. The highest BCUT2D eigenvalue weighted by molar-refractivity contribution is 5.95. The van der Waals surface area contributed by atoms with Gasteiger partial charge in [0.2, 0.25) is 5.91 Å². The zero-order valence-corrected chi connectivity index (χ0v) is 18.8. The summed E-state index contributed by atoms with van der Waals surface area (Å²) in [6.07, 6.45) is 4.31. The number of aliphatic hydroxyl groups excluding tert-OH is 1. The molecule has 0 atom stereocenters. The van der Waals surface area contributed by atoms with E-state index in [9.17, 15) is 9.90 Å². The molecule has 158 valence electrons. The second-order valence-corrected chi connectivity index (χ2v) is 8.37. The number of carbonyl (C=O) groups is 1. The first-order valence-corrected chi connectivity index (χ1v) is 10.8. The number of hydrogen-bond donors (Lipinski definition) is 2. The predicted molar refractivity (Wildman–Crippen MR) is 121 cm³/mol. The number of nitrogens with one attached hydrogen (secondary N) is 1. The number of amides is 1. The summed E-state index contributed by atoms with van der Waals surface area (Å²) in [5, 5.41) is 13.4. The number of para-hydroxylation sites is 1. The Labute approximate surface area is 175 Å². The van der Waals surface area contributed by atoms with Crippen LogP contribution in [-0.4, -0.2) is 16.0 Å². The van der Waals surface area contributed by atoms with E-state index in [2.05, 4.69) is 39.9 Å². The third-order valence-electron chi connectivity index (χ3n) is 5.25. The van der Waals surface area contributed by atoms with E-state index in [0.717, 1.165) is 59.4 Å². The molecule has 0 spiro atoms. The van der Waals surface area contributed by atoms with Crippen molar-refractivity contribution in [2.24, 2.45) is 0 Å². The summed E-state index contributed by atoms with van der Waals surface area (Å²) in [6.45, 7) is 12.3. The molecular weight excluding hydrogens is 360 g/mol. The van der Waals surface area contributed by atoms with E-state index in [1.165, 1.54) is 12.5 Å². The molecule has 29 heavy (non-hydrogen) atoms. The largest absolute Gasteiger partial charge is 0.392 e. The van der Waals surface area contributed by atoms with Gasteiger partial charge in [0.15, 0.2) is 0 Å². The molecule has 1 aromatic heterocycles. The Balaban J connectivity index is 2.87. The minimum atomic E-state index is -0.0993. The summed E-state index contributed by atoms with van der Waals surface area (Å²) < 4.78 is 0. The van der Waals surface area contributed by atoms with E-state index in [1.54, 1.807) is 0 Å². The smallest absolute Gasteiger partial charge is 0.221 e. The van der Waals surface area contributed by atoms with Crippen molar-refractivity contribution in [1.29, 1.82) is 0 Å². The first-order valence-electron chi connectivity index (χ1n) is 10.8. The number of aromatic nitrogens is 1. The van der Waals surface area contributed by atoms with Crippen LogP contribution < -0.4 is 5.32 Å². The molecule has 4 nitrogen and oxygen atoms in total. The Morgan fingerprint density at radius 3 is 2.21 bits per heavy atom. The summed E-state index contributed by atoms with van der Waals surface area (Å²) in [5.74, 6) is 0.382. The van der Waals surface area contributed by atoms with Crippen molar-refractivity contribution in [3.63, 3.8) is 0 Å². The average molecular weight is 397 g/mol. The number of rotatable bonds is 9. The average Bonchev–Trinajstić information content (AvgIpc) is 2.67. The number of pyridine rings is 1. The second-order valence-electron chi connectivity index (χ2n) is 8.37. The van der Waals surface area contributed by atoms with Crippen LogP contribution in [0.1, 0.15) is 95.2 Å². The van der Waals surface area contributed by atoms with E-state index >= 15 is 0 Å². The summed E-state index contributed by atoms with van der Waals surface area (Å²) in [5.41, 5.74) is 6.94. The molecule has 2 aromatic rings. The topological polar surface area (TPSA) is 62.2 Å². The molecule has 2 rings (SSSR count). The van der Waals surface area contributed by atoms with Gasteiger partial charge in [0.25, 0.3) is 0 Å². The molecule has 0 aliphatic carbocycles. The van der Waals surface area contributed by atoms with Crippen molar-refractivity contribution in [1.82, 2.24) is 4.98 Å². The number of unbranched alkanes of at least 4 members (excludes halogenated alkanes) is 2. The van der Waals surface area contributed by atoms with Crippen LogP contribution in [0.5, 0.6) is 0 Å². The Bertz CT molecular complexity index is 841. The molecule has 0 aliphatic rings. The minimum absolute atomic E-state index is 0.0661. The predicted octanol–water partition coefficient (Wildman–Crippen LogP) is 6.18. The highest BCUT2D eigenvalue weighted by atomic mass is 16.3. The van der Waals surface area contributed by atoms with Gasteiger partial charge in [-0.25, -0.2) is 0 Å². The van der Waals surface area contributed by atoms with Gasteiger partial charge < -0.3 is 10.4 Å². The third-order valence-corrected chi connectivity index (χ3v) is 5.25. The maximum absolute atomic E-state index is 11.8. The first kappa shape index (κ1) is 23.1. The van der Waals surface area contributed by atoms with Gasteiger partial charge in [-0.05, 0) is 41.9 Å². The monoisotopic (exact) mass is 396 g/mol. The lowest BCUT2D eigenvalue weighted by atomic mass is 9.85. The lowest BCUT2D eigenvalue weighted by Crippen LogP contribution is -2.14. The van der Waals surface area contributed by atoms with Crippen LogP contribution in [0.25, 0.3) is 11.1 Å². The zero-order chi connectivity index (χ0) is 21.6. The zero-order valence-electron chi connectivity index (χ0n) is 18.8. The molecule has 0 radical (unpaired) electrons. The van der Waals surface area contributed by atoms with Gasteiger partial charge in [0.1, 0.15) is 0 Å². The Kier molecular flexibility index (Phi) is 8.39.